The van der Waals surface area contributed by atoms with Crippen molar-refractivity contribution in [2.45, 2.75) is 0 Å². The summed E-state index contributed by atoms with van der Waals surface area (Å²) in [5, 5.41) is 13.7. The molecule has 1 heterocycles. The van der Waals surface area contributed by atoms with Crippen LogP contribution in [0.15, 0.2) is 48.8 Å². The Bertz CT molecular complexity index is 830. The van der Waals surface area contributed by atoms with Crippen LogP contribution in [-0.4, -0.2) is 14.8 Å². The van der Waals surface area contributed by atoms with Gasteiger partial charge in [0.2, 0.25) is 0 Å². The van der Waals surface area contributed by atoms with E-state index in [0.29, 0.717) is 22.1 Å². The highest BCUT2D eigenvalue weighted by Gasteiger charge is 2.07. The van der Waals surface area contributed by atoms with Gasteiger partial charge in [-0.15, -0.1) is 5.10 Å². The molecule has 0 saturated heterocycles. The topological polar surface area (TPSA) is 80.5 Å². The Hall–Kier alpha value is -2.84. The Labute approximate surface area is 126 Å². The van der Waals surface area contributed by atoms with Crippen LogP contribution in [0, 0.1) is 11.3 Å². The van der Waals surface area contributed by atoms with Gasteiger partial charge in [-0.3, -0.25) is 0 Å². The lowest BCUT2D eigenvalue weighted by molar-refractivity contribution is 0.882. The third kappa shape index (κ3) is 2.57. The average molecular weight is 296 g/mol. The zero-order valence-electron chi connectivity index (χ0n) is 10.9. The summed E-state index contributed by atoms with van der Waals surface area (Å²) in [4.78, 5) is 4.27. The number of hydrogen-bond acceptors (Lipinski definition) is 4. The van der Waals surface area contributed by atoms with Crippen molar-refractivity contribution in [2.75, 3.05) is 5.73 Å². The second-order valence-corrected chi connectivity index (χ2v) is 4.82. The fourth-order valence-electron chi connectivity index (χ4n) is 1.89. The van der Waals surface area contributed by atoms with Gasteiger partial charge in [-0.1, -0.05) is 11.6 Å². The minimum atomic E-state index is 0.388. The van der Waals surface area contributed by atoms with Crippen LogP contribution < -0.4 is 5.73 Å². The van der Waals surface area contributed by atoms with Crippen LogP contribution in [0.25, 0.3) is 17.1 Å². The highest BCUT2D eigenvalue weighted by atomic mass is 35.5. The number of nitrogens with two attached hydrogens (primary N) is 1. The molecule has 0 aliphatic rings. The van der Waals surface area contributed by atoms with E-state index in [-0.39, 0.29) is 0 Å². The largest absolute Gasteiger partial charge is 0.399 e. The number of aromatic nitrogens is 3. The Balaban J connectivity index is 1.97. The summed E-state index contributed by atoms with van der Waals surface area (Å²) in [6.45, 7) is 0. The van der Waals surface area contributed by atoms with E-state index in [9.17, 15) is 0 Å². The van der Waals surface area contributed by atoms with Gasteiger partial charge >= 0.3 is 0 Å². The highest BCUT2D eigenvalue weighted by Crippen LogP contribution is 2.21. The number of hydrogen-bond donors (Lipinski definition) is 1. The van der Waals surface area contributed by atoms with Crippen molar-refractivity contribution in [1.82, 2.24) is 14.8 Å². The SMILES string of the molecule is N#Cc1ccc(-n2cnc(-c3ccc(N)cc3)n2)cc1Cl. The summed E-state index contributed by atoms with van der Waals surface area (Å²) in [6.07, 6.45) is 1.60. The molecule has 0 saturated carbocycles. The van der Waals surface area contributed by atoms with Crippen LogP contribution in [-0.2, 0) is 0 Å². The number of nitrogens with zero attached hydrogens (tertiary/aromatic N) is 4. The molecule has 3 aromatic rings. The van der Waals surface area contributed by atoms with Crippen molar-refractivity contribution in [3.05, 3.63) is 59.4 Å². The molecule has 2 aromatic carbocycles. The van der Waals surface area contributed by atoms with Gasteiger partial charge in [-0.05, 0) is 42.5 Å². The summed E-state index contributed by atoms with van der Waals surface area (Å²) in [5.74, 6) is 0.593. The molecule has 6 heteroatoms. The molecule has 0 bridgehead atoms. The van der Waals surface area contributed by atoms with Crippen LogP contribution >= 0.6 is 11.6 Å². The van der Waals surface area contributed by atoms with Gasteiger partial charge in [0.05, 0.1) is 16.3 Å². The normalized spacial score (nSPS) is 10.3. The minimum absolute atomic E-state index is 0.388. The van der Waals surface area contributed by atoms with Crippen LogP contribution in [0.4, 0.5) is 5.69 Å². The fraction of sp³-hybridized carbons (Fsp3) is 0. The Morgan fingerprint density at radius 2 is 1.90 bits per heavy atom. The lowest BCUT2D eigenvalue weighted by Crippen LogP contribution is -1.95. The first-order chi connectivity index (χ1) is 10.2. The lowest BCUT2D eigenvalue weighted by Gasteiger charge is -2.02. The first-order valence-corrected chi connectivity index (χ1v) is 6.53. The van der Waals surface area contributed by atoms with E-state index in [1.165, 1.54) is 0 Å². The van der Waals surface area contributed by atoms with Crippen LogP contribution in [0.5, 0.6) is 0 Å². The maximum Gasteiger partial charge on any atom is 0.181 e. The van der Waals surface area contributed by atoms with Gasteiger partial charge in [0.25, 0.3) is 0 Å². The number of benzene rings is 2. The van der Waals surface area contributed by atoms with Gasteiger partial charge in [0.1, 0.15) is 12.4 Å². The van der Waals surface area contributed by atoms with Crippen molar-refractivity contribution in [3.8, 4) is 23.1 Å². The zero-order valence-corrected chi connectivity index (χ0v) is 11.6. The lowest BCUT2D eigenvalue weighted by atomic mass is 10.2. The molecule has 102 valence electrons. The van der Waals surface area contributed by atoms with E-state index in [1.54, 1.807) is 41.3 Å². The van der Waals surface area contributed by atoms with Crippen LogP contribution in [0.1, 0.15) is 5.56 Å². The molecule has 2 N–H and O–H groups in total. The standard InChI is InChI=1S/C15H10ClN5/c16-14-7-13(6-3-11(14)8-17)21-9-19-15(20-21)10-1-4-12(18)5-2-10/h1-7,9H,18H2. The molecule has 0 amide bonds. The molecule has 0 atom stereocenters. The van der Waals surface area contributed by atoms with Gasteiger partial charge in [-0.2, -0.15) is 5.26 Å². The molecule has 5 nitrogen and oxygen atoms in total. The van der Waals surface area contributed by atoms with Gasteiger partial charge in [-0.25, -0.2) is 9.67 Å². The molecule has 0 fully saturated rings. The second kappa shape index (κ2) is 5.27. The van der Waals surface area contributed by atoms with E-state index >= 15 is 0 Å². The molecule has 1 aromatic heterocycles. The number of nitriles is 1. The molecule has 0 spiro atoms. The average Bonchev–Trinajstić information content (AvgIpc) is 2.98. The number of halogens is 1. The molecule has 0 aliphatic carbocycles. The predicted molar refractivity (Wildman–Crippen MR) is 80.9 cm³/mol. The van der Waals surface area contributed by atoms with Crippen molar-refractivity contribution >= 4 is 17.3 Å². The van der Waals surface area contributed by atoms with Gasteiger partial charge in [0.15, 0.2) is 5.82 Å². The molecule has 3 rings (SSSR count). The first kappa shape index (κ1) is 13.2. The molecular weight excluding hydrogens is 286 g/mol. The zero-order chi connectivity index (χ0) is 14.8. The molecule has 0 unspecified atom stereocenters. The maximum absolute atomic E-state index is 8.88. The second-order valence-electron chi connectivity index (χ2n) is 4.41. The third-order valence-corrected chi connectivity index (χ3v) is 3.31. The summed E-state index contributed by atoms with van der Waals surface area (Å²) in [5.41, 5.74) is 8.40. The first-order valence-electron chi connectivity index (χ1n) is 6.15. The predicted octanol–water partition coefficient (Wildman–Crippen LogP) is 3.04. The van der Waals surface area contributed by atoms with Crippen LogP contribution in [0.2, 0.25) is 5.02 Å². The molecule has 21 heavy (non-hydrogen) atoms. The minimum Gasteiger partial charge on any atom is -0.399 e. The van der Waals surface area contributed by atoms with E-state index in [4.69, 9.17) is 22.6 Å². The van der Waals surface area contributed by atoms with E-state index in [0.717, 1.165) is 11.3 Å². The molecule has 0 aliphatic heterocycles. The molecular formula is C15H10ClN5. The highest BCUT2D eigenvalue weighted by molar-refractivity contribution is 6.31. The van der Waals surface area contributed by atoms with Crippen molar-refractivity contribution in [3.63, 3.8) is 0 Å². The number of rotatable bonds is 2. The Kier molecular flexibility index (Phi) is 3.30. The molecule has 0 radical (unpaired) electrons. The summed E-state index contributed by atoms with van der Waals surface area (Å²) in [6, 6.07) is 14.5. The van der Waals surface area contributed by atoms with E-state index in [2.05, 4.69) is 10.1 Å². The van der Waals surface area contributed by atoms with Crippen molar-refractivity contribution in [2.24, 2.45) is 0 Å². The van der Waals surface area contributed by atoms with Gasteiger partial charge in [0, 0.05) is 11.3 Å². The summed E-state index contributed by atoms with van der Waals surface area (Å²) < 4.78 is 1.61. The fourth-order valence-corrected chi connectivity index (χ4v) is 2.11. The van der Waals surface area contributed by atoms with E-state index in [1.807, 2.05) is 18.2 Å². The van der Waals surface area contributed by atoms with Crippen molar-refractivity contribution < 1.29 is 0 Å². The quantitative estimate of drug-likeness (QED) is 0.737. The number of nitrogen functional groups attached to an aromatic ring is 1. The summed E-state index contributed by atoms with van der Waals surface area (Å²) in [7, 11) is 0. The monoisotopic (exact) mass is 295 g/mol. The Morgan fingerprint density at radius 3 is 2.57 bits per heavy atom. The van der Waals surface area contributed by atoms with Crippen molar-refractivity contribution in [1.29, 1.82) is 5.26 Å². The van der Waals surface area contributed by atoms with Crippen LogP contribution in [0.3, 0.4) is 0 Å². The smallest absolute Gasteiger partial charge is 0.181 e. The van der Waals surface area contributed by atoms with Gasteiger partial charge < -0.3 is 5.73 Å². The maximum atomic E-state index is 8.88. The number of anilines is 1. The van der Waals surface area contributed by atoms with E-state index < -0.39 is 0 Å². The third-order valence-electron chi connectivity index (χ3n) is 3.00. The Morgan fingerprint density at radius 1 is 1.14 bits per heavy atom. The summed E-state index contributed by atoms with van der Waals surface area (Å²) >= 11 is 6.02.